The largest absolute Gasteiger partial charge is 0.346 e. The molecule has 6 heteroatoms. The molecule has 1 amide bonds. The first-order chi connectivity index (χ1) is 11.1. The Labute approximate surface area is 136 Å². The molecule has 0 aromatic carbocycles. The van der Waals surface area contributed by atoms with Crippen LogP contribution < -0.4 is 10.2 Å². The van der Waals surface area contributed by atoms with Gasteiger partial charge in [-0.25, -0.2) is 9.97 Å². The van der Waals surface area contributed by atoms with E-state index in [1.165, 1.54) is 0 Å². The van der Waals surface area contributed by atoms with E-state index in [0.29, 0.717) is 5.69 Å². The number of hydrogen-bond acceptors (Lipinski definition) is 4. The van der Waals surface area contributed by atoms with E-state index >= 15 is 0 Å². The first-order valence-electron chi connectivity index (χ1n) is 8.15. The number of rotatable bonds is 4. The summed E-state index contributed by atoms with van der Waals surface area (Å²) in [6, 6.07) is 5.99. The lowest BCUT2D eigenvalue weighted by atomic mass is 10.1. The summed E-state index contributed by atoms with van der Waals surface area (Å²) in [5.41, 5.74) is 0.716. The van der Waals surface area contributed by atoms with Gasteiger partial charge >= 0.3 is 0 Å². The van der Waals surface area contributed by atoms with Gasteiger partial charge in [-0.1, -0.05) is 0 Å². The van der Waals surface area contributed by atoms with Crippen LogP contribution in [0, 0.1) is 0 Å². The summed E-state index contributed by atoms with van der Waals surface area (Å²) < 4.78 is 2.00. The molecule has 1 saturated heterocycles. The molecule has 122 valence electrons. The van der Waals surface area contributed by atoms with Gasteiger partial charge in [0, 0.05) is 43.8 Å². The fraction of sp³-hybridized carbons (Fsp3) is 0.471. The summed E-state index contributed by atoms with van der Waals surface area (Å²) in [5, 5.41) is 3.16. The number of anilines is 1. The van der Waals surface area contributed by atoms with E-state index in [0.717, 1.165) is 31.9 Å². The Morgan fingerprint density at radius 3 is 2.83 bits per heavy atom. The minimum absolute atomic E-state index is 0.00969. The van der Waals surface area contributed by atoms with Crippen LogP contribution in [0.2, 0.25) is 0 Å². The number of nitrogens with zero attached hydrogens (tertiary/aromatic N) is 4. The van der Waals surface area contributed by atoms with Crippen LogP contribution in [-0.2, 0) is 0 Å². The van der Waals surface area contributed by atoms with Crippen LogP contribution >= 0.6 is 0 Å². The van der Waals surface area contributed by atoms with Crippen molar-refractivity contribution in [2.45, 2.75) is 38.8 Å². The van der Waals surface area contributed by atoms with Gasteiger partial charge in [-0.05, 0) is 44.9 Å². The summed E-state index contributed by atoms with van der Waals surface area (Å²) in [4.78, 5) is 23.3. The van der Waals surface area contributed by atoms with Crippen molar-refractivity contribution in [1.29, 1.82) is 0 Å². The number of nitrogens with one attached hydrogen (secondary N) is 1. The third kappa shape index (κ3) is 3.52. The summed E-state index contributed by atoms with van der Waals surface area (Å²) >= 11 is 0. The highest BCUT2D eigenvalue weighted by Crippen LogP contribution is 2.16. The molecule has 3 rings (SSSR count). The van der Waals surface area contributed by atoms with Crippen molar-refractivity contribution in [3.8, 4) is 0 Å². The van der Waals surface area contributed by atoms with Crippen LogP contribution in [0.4, 0.5) is 5.95 Å². The van der Waals surface area contributed by atoms with Crippen LogP contribution in [0.5, 0.6) is 0 Å². The smallest absolute Gasteiger partial charge is 0.268 e. The normalized spacial score (nSPS) is 18.2. The Balaban J connectivity index is 1.66. The molecule has 0 unspecified atom stereocenters. The molecule has 1 fully saturated rings. The van der Waals surface area contributed by atoms with Crippen molar-refractivity contribution in [3.63, 3.8) is 0 Å². The van der Waals surface area contributed by atoms with E-state index in [1.807, 2.05) is 29.0 Å². The van der Waals surface area contributed by atoms with Gasteiger partial charge in [0.1, 0.15) is 5.69 Å². The molecular weight excluding hydrogens is 290 g/mol. The highest BCUT2D eigenvalue weighted by Gasteiger charge is 2.24. The van der Waals surface area contributed by atoms with E-state index in [2.05, 4.69) is 34.0 Å². The molecule has 1 N–H and O–H groups in total. The van der Waals surface area contributed by atoms with E-state index in [1.54, 1.807) is 12.4 Å². The van der Waals surface area contributed by atoms with E-state index in [9.17, 15) is 4.79 Å². The van der Waals surface area contributed by atoms with Crippen molar-refractivity contribution < 1.29 is 4.79 Å². The molecule has 1 atom stereocenters. The standard InChI is InChI=1S/C17H23N5O/c1-13(2)22-11-4-7-15(22)16(23)20-14-6-3-10-21(12-14)17-18-8-5-9-19-17/h4-5,7-9,11,13-14H,3,6,10,12H2,1-2H3,(H,20,23)/t14-/m1/s1. The van der Waals surface area contributed by atoms with Crippen molar-refractivity contribution >= 4 is 11.9 Å². The number of carbonyl (C=O) groups is 1. The number of amides is 1. The number of piperidine rings is 1. The molecule has 6 nitrogen and oxygen atoms in total. The molecule has 2 aromatic heterocycles. The average molecular weight is 313 g/mol. The van der Waals surface area contributed by atoms with Gasteiger partial charge in [-0.2, -0.15) is 0 Å². The van der Waals surface area contributed by atoms with Crippen molar-refractivity contribution in [2.75, 3.05) is 18.0 Å². The lowest BCUT2D eigenvalue weighted by molar-refractivity contribution is 0.0922. The maximum Gasteiger partial charge on any atom is 0.268 e. The van der Waals surface area contributed by atoms with Gasteiger partial charge in [-0.3, -0.25) is 4.79 Å². The van der Waals surface area contributed by atoms with Crippen LogP contribution in [0.3, 0.4) is 0 Å². The van der Waals surface area contributed by atoms with Crippen LogP contribution in [0.1, 0.15) is 43.2 Å². The number of aromatic nitrogens is 3. The van der Waals surface area contributed by atoms with Gasteiger partial charge in [0.25, 0.3) is 5.91 Å². The molecule has 0 bridgehead atoms. The summed E-state index contributed by atoms with van der Waals surface area (Å²) in [6.07, 6.45) is 7.45. The van der Waals surface area contributed by atoms with E-state index in [-0.39, 0.29) is 18.0 Å². The fourth-order valence-corrected chi connectivity index (χ4v) is 3.03. The highest BCUT2D eigenvalue weighted by atomic mass is 16.2. The zero-order valence-corrected chi connectivity index (χ0v) is 13.6. The highest BCUT2D eigenvalue weighted by molar-refractivity contribution is 5.93. The second-order valence-electron chi connectivity index (χ2n) is 6.20. The zero-order valence-electron chi connectivity index (χ0n) is 13.6. The Hall–Kier alpha value is -2.37. The van der Waals surface area contributed by atoms with Crippen LogP contribution in [-0.4, -0.2) is 39.6 Å². The summed E-state index contributed by atoms with van der Waals surface area (Å²) in [6.45, 7) is 5.83. The lowest BCUT2D eigenvalue weighted by Gasteiger charge is -2.33. The van der Waals surface area contributed by atoms with Gasteiger partial charge in [0.15, 0.2) is 0 Å². The summed E-state index contributed by atoms with van der Waals surface area (Å²) in [7, 11) is 0. The molecule has 1 aliphatic heterocycles. The van der Waals surface area contributed by atoms with Crippen LogP contribution in [0.25, 0.3) is 0 Å². The monoisotopic (exact) mass is 313 g/mol. The molecule has 0 saturated carbocycles. The molecule has 0 aliphatic carbocycles. The fourth-order valence-electron chi connectivity index (χ4n) is 3.03. The molecular formula is C17H23N5O. The SMILES string of the molecule is CC(C)n1cccc1C(=O)N[C@@H]1CCCN(c2ncccn2)C1. The Morgan fingerprint density at radius 2 is 2.09 bits per heavy atom. The molecule has 3 heterocycles. The predicted molar refractivity (Wildman–Crippen MR) is 89.6 cm³/mol. The molecule has 0 spiro atoms. The van der Waals surface area contributed by atoms with Gasteiger partial charge in [-0.15, -0.1) is 0 Å². The third-order valence-electron chi connectivity index (χ3n) is 4.16. The van der Waals surface area contributed by atoms with Gasteiger partial charge in [0.05, 0.1) is 0 Å². The molecule has 2 aromatic rings. The van der Waals surface area contributed by atoms with Crippen molar-refractivity contribution in [1.82, 2.24) is 19.9 Å². The minimum Gasteiger partial charge on any atom is -0.346 e. The second kappa shape index (κ2) is 6.81. The summed E-state index contributed by atoms with van der Waals surface area (Å²) in [5.74, 6) is 0.724. The Bertz CT molecular complexity index is 652. The zero-order chi connectivity index (χ0) is 16.2. The number of carbonyl (C=O) groups excluding carboxylic acids is 1. The third-order valence-corrected chi connectivity index (χ3v) is 4.16. The molecule has 0 radical (unpaired) electrons. The average Bonchev–Trinajstić information content (AvgIpc) is 3.06. The van der Waals surface area contributed by atoms with E-state index in [4.69, 9.17) is 0 Å². The maximum atomic E-state index is 12.6. The maximum absolute atomic E-state index is 12.6. The van der Waals surface area contributed by atoms with Gasteiger partial charge < -0.3 is 14.8 Å². The lowest BCUT2D eigenvalue weighted by Crippen LogP contribution is -2.48. The molecule has 23 heavy (non-hydrogen) atoms. The van der Waals surface area contributed by atoms with Crippen molar-refractivity contribution in [2.24, 2.45) is 0 Å². The van der Waals surface area contributed by atoms with E-state index < -0.39 is 0 Å². The first kappa shape index (κ1) is 15.5. The van der Waals surface area contributed by atoms with Crippen molar-refractivity contribution in [3.05, 3.63) is 42.5 Å². The topological polar surface area (TPSA) is 63.1 Å². The minimum atomic E-state index is -0.00969. The predicted octanol–water partition coefficient (Wildman–Crippen LogP) is 2.26. The second-order valence-corrected chi connectivity index (χ2v) is 6.20. The quantitative estimate of drug-likeness (QED) is 0.940. The molecule has 1 aliphatic rings. The van der Waals surface area contributed by atoms with Crippen LogP contribution in [0.15, 0.2) is 36.8 Å². The Morgan fingerprint density at radius 1 is 1.30 bits per heavy atom. The Kier molecular flexibility index (Phi) is 4.60. The number of hydrogen-bond donors (Lipinski definition) is 1. The first-order valence-corrected chi connectivity index (χ1v) is 8.15. The van der Waals surface area contributed by atoms with Gasteiger partial charge in [0.2, 0.25) is 5.95 Å².